The fourth-order valence-corrected chi connectivity index (χ4v) is 3.20. The van der Waals surface area contributed by atoms with E-state index < -0.39 is 16.0 Å². The van der Waals surface area contributed by atoms with Crippen molar-refractivity contribution in [2.75, 3.05) is 6.54 Å². The van der Waals surface area contributed by atoms with Crippen LogP contribution in [0.4, 0.5) is 0 Å². The zero-order chi connectivity index (χ0) is 15.6. The normalized spacial score (nSPS) is 11.7. The minimum Gasteiger partial charge on any atom is -0.476 e. The molecular weight excluding hydrogens is 300 g/mol. The number of hydrogen-bond acceptors (Lipinski definition) is 6. The minimum absolute atomic E-state index is 0.0504. The zero-order valence-corrected chi connectivity index (χ0v) is 12.2. The van der Waals surface area contributed by atoms with Crippen molar-refractivity contribution in [3.05, 3.63) is 23.3 Å². The number of carboxylic acids is 1. The third-order valence-corrected chi connectivity index (χ3v) is 4.44. The van der Waals surface area contributed by atoms with E-state index in [1.165, 1.54) is 10.9 Å². The van der Waals surface area contributed by atoms with Crippen LogP contribution in [0.15, 0.2) is 11.1 Å². The second kappa shape index (κ2) is 5.61. The first kappa shape index (κ1) is 15.1. The molecule has 0 aromatic carbocycles. The van der Waals surface area contributed by atoms with Crippen molar-refractivity contribution < 1.29 is 18.3 Å². The van der Waals surface area contributed by atoms with Crippen LogP contribution in [0.2, 0.25) is 0 Å². The highest BCUT2D eigenvalue weighted by atomic mass is 32.2. The second-order valence-electron chi connectivity index (χ2n) is 4.33. The molecule has 2 rings (SSSR count). The van der Waals surface area contributed by atoms with Crippen LogP contribution in [0, 0.1) is 13.8 Å². The van der Waals surface area contributed by atoms with Gasteiger partial charge in [-0.25, -0.2) is 17.9 Å². The summed E-state index contributed by atoms with van der Waals surface area (Å²) in [5.41, 5.74) is 0.641. The zero-order valence-electron chi connectivity index (χ0n) is 11.4. The molecule has 0 aliphatic rings. The number of aromatic nitrogens is 5. The Morgan fingerprint density at radius 1 is 1.48 bits per heavy atom. The number of hydrogen-bond donors (Lipinski definition) is 3. The highest BCUT2D eigenvalue weighted by molar-refractivity contribution is 7.89. The summed E-state index contributed by atoms with van der Waals surface area (Å²) in [6, 6.07) is 0. The van der Waals surface area contributed by atoms with Gasteiger partial charge in [-0.15, -0.1) is 5.10 Å². The van der Waals surface area contributed by atoms with Crippen LogP contribution in [-0.2, 0) is 16.6 Å². The van der Waals surface area contributed by atoms with E-state index in [1.54, 1.807) is 13.8 Å². The molecule has 0 amide bonds. The van der Waals surface area contributed by atoms with Crippen molar-refractivity contribution >= 4 is 16.0 Å². The first-order valence-electron chi connectivity index (χ1n) is 5.96. The van der Waals surface area contributed by atoms with Gasteiger partial charge in [0.1, 0.15) is 4.90 Å². The van der Waals surface area contributed by atoms with Crippen LogP contribution in [0.3, 0.4) is 0 Å². The number of aryl methyl sites for hydroxylation is 2. The molecule has 2 heterocycles. The Hall–Kier alpha value is -2.27. The number of sulfonamides is 1. The van der Waals surface area contributed by atoms with Gasteiger partial charge in [0, 0.05) is 6.54 Å². The van der Waals surface area contributed by atoms with Crippen molar-refractivity contribution in [3.63, 3.8) is 0 Å². The van der Waals surface area contributed by atoms with E-state index in [9.17, 15) is 13.2 Å². The topological polar surface area (TPSA) is 143 Å². The molecule has 114 valence electrons. The lowest BCUT2D eigenvalue weighted by Gasteiger charge is -2.06. The first-order valence-corrected chi connectivity index (χ1v) is 7.44. The summed E-state index contributed by atoms with van der Waals surface area (Å²) in [5.74, 6) is -1.19. The Morgan fingerprint density at radius 3 is 2.71 bits per heavy atom. The molecule has 0 atom stereocenters. The molecular formula is C10H14N6O4S. The molecule has 0 fully saturated rings. The molecule has 0 aliphatic heterocycles. The maximum Gasteiger partial charge on any atom is 0.358 e. The van der Waals surface area contributed by atoms with E-state index in [1.807, 2.05) is 0 Å². The Bertz CT molecular complexity index is 743. The summed E-state index contributed by atoms with van der Waals surface area (Å²) in [4.78, 5) is 10.8. The molecule has 0 bridgehead atoms. The standard InChI is InChI=1S/C10H14N6O4S/c1-6-9(7(2)13-12-6)21(19,20)11-3-4-16-5-8(10(17)18)14-15-16/h5,11H,3-4H2,1-2H3,(H,12,13)(H,17,18). The number of aromatic carboxylic acids is 1. The van der Waals surface area contributed by atoms with Crippen LogP contribution >= 0.6 is 0 Å². The number of carbonyl (C=O) groups is 1. The molecule has 11 heteroatoms. The van der Waals surface area contributed by atoms with Crippen LogP contribution in [0.25, 0.3) is 0 Å². The van der Waals surface area contributed by atoms with E-state index in [-0.39, 0.29) is 23.7 Å². The molecule has 21 heavy (non-hydrogen) atoms. The Balaban J connectivity index is 2.01. The number of aromatic amines is 1. The Morgan fingerprint density at radius 2 is 2.19 bits per heavy atom. The van der Waals surface area contributed by atoms with Gasteiger partial charge in [0.15, 0.2) is 5.69 Å². The van der Waals surface area contributed by atoms with Crippen LogP contribution in [0.1, 0.15) is 21.9 Å². The van der Waals surface area contributed by atoms with Gasteiger partial charge in [0.05, 0.1) is 24.1 Å². The second-order valence-corrected chi connectivity index (χ2v) is 6.04. The lowest BCUT2D eigenvalue weighted by Crippen LogP contribution is -2.28. The fraction of sp³-hybridized carbons (Fsp3) is 0.400. The fourth-order valence-electron chi connectivity index (χ4n) is 1.81. The monoisotopic (exact) mass is 314 g/mol. The largest absolute Gasteiger partial charge is 0.476 e. The summed E-state index contributed by atoms with van der Waals surface area (Å²) in [6.45, 7) is 3.42. The number of rotatable bonds is 6. The van der Waals surface area contributed by atoms with Gasteiger partial charge in [-0.2, -0.15) is 5.10 Å². The Kier molecular flexibility index (Phi) is 4.04. The van der Waals surface area contributed by atoms with Gasteiger partial charge in [0.2, 0.25) is 10.0 Å². The molecule has 3 N–H and O–H groups in total. The van der Waals surface area contributed by atoms with E-state index in [0.717, 1.165) is 0 Å². The maximum atomic E-state index is 12.1. The molecule has 0 unspecified atom stereocenters. The number of H-pyrrole nitrogens is 1. The van der Waals surface area contributed by atoms with E-state index in [4.69, 9.17) is 5.11 Å². The van der Waals surface area contributed by atoms with Crippen LogP contribution in [-0.4, -0.2) is 51.2 Å². The predicted molar refractivity (Wildman–Crippen MR) is 70.2 cm³/mol. The predicted octanol–water partition coefficient (Wildman–Crippen LogP) is -0.705. The molecule has 0 saturated carbocycles. The average Bonchev–Trinajstić information content (AvgIpc) is 2.96. The molecule has 2 aromatic heterocycles. The highest BCUT2D eigenvalue weighted by Crippen LogP contribution is 2.15. The number of nitrogens with zero attached hydrogens (tertiary/aromatic N) is 4. The smallest absolute Gasteiger partial charge is 0.358 e. The number of nitrogens with one attached hydrogen (secondary N) is 2. The summed E-state index contributed by atoms with van der Waals surface area (Å²) >= 11 is 0. The summed E-state index contributed by atoms with van der Waals surface area (Å²) in [6.07, 6.45) is 1.23. The quantitative estimate of drug-likeness (QED) is 0.639. The summed E-state index contributed by atoms with van der Waals surface area (Å²) in [7, 11) is -3.68. The molecule has 0 saturated heterocycles. The third-order valence-electron chi connectivity index (χ3n) is 2.72. The third kappa shape index (κ3) is 3.25. The van der Waals surface area contributed by atoms with Crippen LogP contribution in [0.5, 0.6) is 0 Å². The van der Waals surface area contributed by atoms with Crippen molar-refractivity contribution in [1.29, 1.82) is 0 Å². The molecule has 10 nitrogen and oxygen atoms in total. The van der Waals surface area contributed by atoms with Gasteiger partial charge in [-0.05, 0) is 13.8 Å². The Labute approximate surface area is 120 Å². The molecule has 0 aliphatic carbocycles. The SMILES string of the molecule is Cc1n[nH]c(C)c1S(=O)(=O)NCCn1cc(C(=O)O)nn1. The van der Waals surface area contributed by atoms with Gasteiger partial charge < -0.3 is 5.11 Å². The van der Waals surface area contributed by atoms with Crippen molar-refractivity contribution in [3.8, 4) is 0 Å². The van der Waals surface area contributed by atoms with Crippen molar-refractivity contribution in [1.82, 2.24) is 29.9 Å². The minimum atomic E-state index is -3.68. The van der Waals surface area contributed by atoms with Gasteiger partial charge in [-0.3, -0.25) is 9.78 Å². The molecule has 0 spiro atoms. The summed E-state index contributed by atoms with van der Waals surface area (Å²) < 4.78 is 27.9. The van der Waals surface area contributed by atoms with E-state index >= 15 is 0 Å². The number of carboxylic acid groups (broad SMARTS) is 1. The molecule has 2 aromatic rings. The highest BCUT2D eigenvalue weighted by Gasteiger charge is 2.21. The summed E-state index contributed by atoms with van der Waals surface area (Å²) in [5, 5.41) is 22.2. The van der Waals surface area contributed by atoms with Crippen LogP contribution < -0.4 is 4.72 Å². The van der Waals surface area contributed by atoms with Crippen molar-refractivity contribution in [2.24, 2.45) is 0 Å². The lowest BCUT2D eigenvalue weighted by molar-refractivity contribution is 0.0690. The van der Waals surface area contributed by atoms with E-state index in [2.05, 4.69) is 25.2 Å². The van der Waals surface area contributed by atoms with Crippen molar-refractivity contribution in [2.45, 2.75) is 25.3 Å². The molecule has 0 radical (unpaired) electrons. The van der Waals surface area contributed by atoms with Gasteiger partial charge >= 0.3 is 5.97 Å². The van der Waals surface area contributed by atoms with Gasteiger partial charge in [-0.1, -0.05) is 5.21 Å². The van der Waals surface area contributed by atoms with E-state index in [0.29, 0.717) is 11.4 Å². The van der Waals surface area contributed by atoms with Gasteiger partial charge in [0.25, 0.3) is 0 Å². The average molecular weight is 314 g/mol. The lowest BCUT2D eigenvalue weighted by atomic mass is 10.4. The maximum absolute atomic E-state index is 12.1. The first-order chi connectivity index (χ1) is 9.81.